The Morgan fingerprint density at radius 3 is 1.34 bits per heavy atom. The Balaban J connectivity index is 1.53. The predicted molar refractivity (Wildman–Crippen MR) is 121 cm³/mol. The highest BCUT2D eigenvalue weighted by molar-refractivity contribution is 6.22. The van der Waals surface area contributed by atoms with E-state index in [2.05, 4.69) is 0 Å². The Morgan fingerprint density at radius 2 is 1.06 bits per heavy atom. The fourth-order valence-electron chi connectivity index (χ4n) is 4.44. The Bertz CT molecular complexity index is 1290. The number of ether oxygens (including phenoxy) is 1. The first kappa shape index (κ1) is 22.0. The van der Waals surface area contributed by atoms with E-state index in [-0.39, 0.29) is 57.9 Å². The van der Waals surface area contributed by atoms with Gasteiger partial charge in [-0.3, -0.25) is 39.1 Å². The maximum atomic E-state index is 12.8. The summed E-state index contributed by atoms with van der Waals surface area (Å²) >= 11 is 0. The first-order valence-corrected chi connectivity index (χ1v) is 10.6. The molecule has 2 aliphatic heterocycles. The average molecular weight is 471 g/mol. The molecule has 0 N–H and O–H groups in total. The molecular formula is C25H17N3O7. The van der Waals surface area contributed by atoms with Gasteiger partial charge in [-0.1, -0.05) is 24.3 Å². The van der Waals surface area contributed by atoms with Gasteiger partial charge in [-0.05, 0) is 24.3 Å². The number of imide groups is 2. The molecule has 0 aliphatic carbocycles. The van der Waals surface area contributed by atoms with Crippen molar-refractivity contribution in [3.05, 3.63) is 104 Å². The number of carbonyl (C=O) groups excluding carboxylic acids is 4. The number of hydrogen-bond donors (Lipinski definition) is 0. The molecule has 0 fully saturated rings. The van der Waals surface area contributed by atoms with E-state index in [0.717, 1.165) is 9.80 Å². The molecule has 0 spiro atoms. The maximum absolute atomic E-state index is 12.8. The third-order valence-corrected chi connectivity index (χ3v) is 6.06. The normalized spacial score (nSPS) is 14.4. The van der Waals surface area contributed by atoms with Gasteiger partial charge in [0, 0.05) is 23.3 Å². The minimum atomic E-state index is -0.628. The SMILES string of the molecule is COc1c(CN2C(=O)c3ccccc3C2=O)cc([N+](=O)[O-])cc1CN1C(=O)c2ccccc2C1=O. The van der Waals surface area contributed by atoms with Crippen LogP contribution in [0.2, 0.25) is 0 Å². The maximum Gasteiger partial charge on any atom is 0.270 e. The van der Waals surface area contributed by atoms with Crippen LogP contribution in [0.1, 0.15) is 52.6 Å². The van der Waals surface area contributed by atoms with Crippen molar-refractivity contribution in [1.82, 2.24) is 9.80 Å². The summed E-state index contributed by atoms with van der Waals surface area (Å²) in [5.41, 5.74) is 1.04. The second-order valence-electron chi connectivity index (χ2n) is 8.04. The number of nitro benzene ring substituents is 1. The number of benzene rings is 3. The number of carbonyl (C=O) groups is 4. The van der Waals surface area contributed by atoms with Crippen molar-refractivity contribution in [1.29, 1.82) is 0 Å². The highest BCUT2D eigenvalue weighted by atomic mass is 16.6. The number of fused-ring (bicyclic) bond motifs is 2. The quantitative estimate of drug-likeness (QED) is 0.307. The van der Waals surface area contributed by atoms with Crippen molar-refractivity contribution in [2.75, 3.05) is 7.11 Å². The van der Waals surface area contributed by atoms with Gasteiger partial charge in [0.15, 0.2) is 0 Å². The largest absolute Gasteiger partial charge is 0.496 e. The van der Waals surface area contributed by atoms with Gasteiger partial charge >= 0.3 is 0 Å². The third kappa shape index (κ3) is 3.43. The average Bonchev–Trinajstić information content (AvgIpc) is 3.25. The van der Waals surface area contributed by atoms with Crippen LogP contribution < -0.4 is 4.74 Å². The molecule has 2 heterocycles. The Morgan fingerprint density at radius 1 is 0.714 bits per heavy atom. The highest BCUT2D eigenvalue weighted by Gasteiger charge is 2.38. The topological polar surface area (TPSA) is 127 Å². The van der Waals surface area contributed by atoms with E-state index in [1.54, 1.807) is 24.3 Å². The number of methoxy groups -OCH3 is 1. The molecule has 174 valence electrons. The van der Waals surface area contributed by atoms with Crippen molar-refractivity contribution in [2.45, 2.75) is 13.1 Å². The summed E-state index contributed by atoms with van der Waals surface area (Å²) in [6.45, 7) is -0.571. The van der Waals surface area contributed by atoms with E-state index < -0.39 is 28.6 Å². The van der Waals surface area contributed by atoms with Crippen LogP contribution in [0.3, 0.4) is 0 Å². The monoisotopic (exact) mass is 471 g/mol. The second kappa shape index (κ2) is 8.17. The minimum Gasteiger partial charge on any atom is -0.496 e. The number of non-ortho nitro benzene ring substituents is 1. The van der Waals surface area contributed by atoms with Crippen molar-refractivity contribution in [3.63, 3.8) is 0 Å². The summed E-state index contributed by atoms with van der Waals surface area (Å²) < 4.78 is 5.51. The zero-order chi connectivity index (χ0) is 24.9. The van der Waals surface area contributed by atoms with Gasteiger partial charge < -0.3 is 4.74 Å². The lowest BCUT2D eigenvalue weighted by Crippen LogP contribution is -2.30. The lowest BCUT2D eigenvalue weighted by molar-refractivity contribution is -0.385. The summed E-state index contributed by atoms with van der Waals surface area (Å²) in [5.74, 6) is -1.96. The zero-order valence-electron chi connectivity index (χ0n) is 18.4. The summed E-state index contributed by atoms with van der Waals surface area (Å²) in [7, 11) is 1.33. The van der Waals surface area contributed by atoms with Gasteiger partial charge in [0.2, 0.25) is 0 Å². The zero-order valence-corrected chi connectivity index (χ0v) is 18.4. The van der Waals surface area contributed by atoms with E-state index in [1.807, 2.05) is 0 Å². The summed E-state index contributed by atoms with van der Waals surface area (Å²) in [6, 6.07) is 15.1. The predicted octanol–water partition coefficient (Wildman–Crippen LogP) is 3.20. The molecule has 10 heteroatoms. The van der Waals surface area contributed by atoms with Crippen LogP contribution in [0, 0.1) is 10.1 Å². The third-order valence-electron chi connectivity index (χ3n) is 6.06. The first-order chi connectivity index (χ1) is 16.8. The van der Waals surface area contributed by atoms with E-state index in [9.17, 15) is 29.3 Å². The van der Waals surface area contributed by atoms with Crippen LogP contribution in [0.25, 0.3) is 0 Å². The molecule has 3 aromatic rings. The fourth-order valence-corrected chi connectivity index (χ4v) is 4.44. The molecule has 0 saturated carbocycles. The molecule has 5 rings (SSSR count). The van der Waals surface area contributed by atoms with Crippen LogP contribution in [0.15, 0.2) is 60.7 Å². The van der Waals surface area contributed by atoms with Gasteiger partial charge in [0.25, 0.3) is 29.3 Å². The molecule has 0 saturated heterocycles. The van der Waals surface area contributed by atoms with E-state index in [0.29, 0.717) is 0 Å². The number of amides is 4. The van der Waals surface area contributed by atoms with Crippen molar-refractivity contribution < 1.29 is 28.8 Å². The van der Waals surface area contributed by atoms with Crippen LogP contribution in [-0.4, -0.2) is 45.5 Å². The van der Waals surface area contributed by atoms with Crippen molar-refractivity contribution >= 4 is 29.3 Å². The molecule has 0 aromatic heterocycles. The molecule has 0 unspecified atom stereocenters. The number of rotatable bonds is 6. The molecule has 10 nitrogen and oxygen atoms in total. The van der Waals surface area contributed by atoms with E-state index in [4.69, 9.17) is 4.74 Å². The Hall–Kier alpha value is -4.86. The van der Waals surface area contributed by atoms with Crippen LogP contribution in [0.4, 0.5) is 5.69 Å². The standard InChI is InChI=1S/C25H17N3O7/c1-35-21-14(12-26-22(29)17-6-2-3-7-18(17)23(26)30)10-16(28(33)34)11-15(21)13-27-24(31)19-8-4-5-9-20(19)25(27)32/h2-11H,12-13H2,1H3. The first-order valence-electron chi connectivity index (χ1n) is 10.6. The molecule has 2 aliphatic rings. The Labute approximate surface area is 198 Å². The van der Waals surface area contributed by atoms with Crippen molar-refractivity contribution in [2.24, 2.45) is 0 Å². The molecule has 0 bridgehead atoms. The minimum absolute atomic E-state index is 0.142. The van der Waals surface area contributed by atoms with E-state index in [1.165, 1.54) is 43.5 Å². The fraction of sp³-hybridized carbons (Fsp3) is 0.120. The molecule has 0 radical (unpaired) electrons. The van der Waals surface area contributed by atoms with Crippen LogP contribution in [-0.2, 0) is 13.1 Å². The Kier molecular flexibility index (Phi) is 5.13. The van der Waals surface area contributed by atoms with Crippen LogP contribution >= 0.6 is 0 Å². The molecular weight excluding hydrogens is 454 g/mol. The molecule has 35 heavy (non-hydrogen) atoms. The summed E-state index contributed by atoms with van der Waals surface area (Å²) in [6.07, 6.45) is 0. The number of hydrogen-bond acceptors (Lipinski definition) is 7. The lowest BCUT2D eigenvalue weighted by Gasteiger charge is -2.20. The van der Waals surface area contributed by atoms with Gasteiger partial charge in [0.1, 0.15) is 5.75 Å². The lowest BCUT2D eigenvalue weighted by atomic mass is 10.1. The molecule has 0 atom stereocenters. The highest BCUT2D eigenvalue weighted by Crippen LogP contribution is 2.35. The van der Waals surface area contributed by atoms with Gasteiger partial charge in [-0.15, -0.1) is 0 Å². The van der Waals surface area contributed by atoms with Crippen LogP contribution in [0.5, 0.6) is 5.75 Å². The smallest absolute Gasteiger partial charge is 0.270 e. The summed E-state index contributed by atoms with van der Waals surface area (Å²) in [4.78, 5) is 64.4. The molecule has 3 aromatic carbocycles. The van der Waals surface area contributed by atoms with Gasteiger partial charge in [-0.25, -0.2) is 0 Å². The second-order valence-corrected chi connectivity index (χ2v) is 8.04. The van der Waals surface area contributed by atoms with Gasteiger partial charge in [0.05, 0.1) is 47.4 Å². The van der Waals surface area contributed by atoms with Gasteiger partial charge in [-0.2, -0.15) is 0 Å². The van der Waals surface area contributed by atoms with Crippen molar-refractivity contribution in [3.8, 4) is 5.75 Å². The van der Waals surface area contributed by atoms with E-state index >= 15 is 0 Å². The number of nitro groups is 1. The summed E-state index contributed by atoms with van der Waals surface area (Å²) in [5, 5.41) is 11.7. The number of nitrogens with zero attached hydrogens (tertiary/aromatic N) is 3. The molecule has 4 amide bonds.